The van der Waals surface area contributed by atoms with Gasteiger partial charge in [-0.25, -0.2) is 4.39 Å². The maximum Gasteiger partial charge on any atom is 0.266 e. The van der Waals surface area contributed by atoms with Gasteiger partial charge in [0.1, 0.15) is 23.2 Å². The minimum atomic E-state index is -0.684. The Morgan fingerprint density at radius 3 is 2.48 bits per heavy atom. The number of aryl methyl sites for hydroxylation is 2. The zero-order chi connectivity index (χ0) is 24.0. The lowest BCUT2D eigenvalue weighted by Crippen LogP contribution is -2.14. The van der Waals surface area contributed by atoms with Crippen LogP contribution in [0.15, 0.2) is 64.6 Å². The third-order valence-corrected chi connectivity index (χ3v) is 5.64. The van der Waals surface area contributed by atoms with Crippen LogP contribution in [0.25, 0.3) is 6.08 Å². The molecule has 1 N–H and O–H groups in total. The second-order valence-corrected chi connectivity index (χ2v) is 8.54. The summed E-state index contributed by atoms with van der Waals surface area (Å²) in [6, 6.07) is 17.8. The van der Waals surface area contributed by atoms with Crippen molar-refractivity contribution in [1.82, 2.24) is 0 Å². The van der Waals surface area contributed by atoms with E-state index in [9.17, 15) is 14.4 Å². The number of carbonyl (C=O) groups excluding carboxylic acids is 1. The van der Waals surface area contributed by atoms with Gasteiger partial charge >= 0.3 is 0 Å². The summed E-state index contributed by atoms with van der Waals surface area (Å²) in [6.45, 7) is 6.51. The van der Waals surface area contributed by atoms with E-state index in [1.165, 1.54) is 41.0 Å². The molecule has 0 fully saturated rings. The Kier molecular flexibility index (Phi) is 8.02. The van der Waals surface area contributed by atoms with Gasteiger partial charge in [-0.2, -0.15) is 5.26 Å². The molecule has 0 saturated carbocycles. The van der Waals surface area contributed by atoms with Gasteiger partial charge in [0.05, 0.1) is 12.3 Å². The van der Waals surface area contributed by atoms with Crippen molar-refractivity contribution < 1.29 is 13.9 Å². The zero-order valence-electron chi connectivity index (χ0n) is 18.7. The van der Waals surface area contributed by atoms with Crippen LogP contribution >= 0.6 is 15.9 Å². The van der Waals surface area contributed by atoms with Gasteiger partial charge in [0.25, 0.3) is 5.91 Å². The van der Waals surface area contributed by atoms with Gasteiger partial charge < -0.3 is 10.1 Å². The summed E-state index contributed by atoms with van der Waals surface area (Å²) in [6.07, 6.45) is 2.13. The first-order valence-electron chi connectivity index (χ1n) is 10.5. The molecule has 0 unspecified atom stereocenters. The molecule has 3 aromatic carbocycles. The number of ether oxygens (including phenoxy) is 1. The number of benzene rings is 3. The molecule has 0 atom stereocenters. The van der Waals surface area contributed by atoms with Crippen molar-refractivity contribution in [2.75, 3.05) is 11.9 Å². The average molecular weight is 507 g/mol. The summed E-state index contributed by atoms with van der Waals surface area (Å²) in [5, 5.41) is 12.0. The summed E-state index contributed by atoms with van der Waals surface area (Å²) in [7, 11) is 0. The van der Waals surface area contributed by atoms with Gasteiger partial charge in [0, 0.05) is 16.5 Å². The van der Waals surface area contributed by atoms with Crippen LogP contribution in [0.3, 0.4) is 0 Å². The van der Waals surface area contributed by atoms with Gasteiger partial charge in [-0.1, -0.05) is 57.4 Å². The standard InChI is InChI=1S/C27H24BrFN2O2/c1-4-33-26-15-20(12-21(16-30)27(32)31-25-8-6-5-7-24(25)29)14-23(28)22(26)13-19-10-17(2)9-18(3)11-19/h5-12,14-15H,4,13H2,1-3H3,(H,31,32)/b21-12+. The predicted molar refractivity (Wildman–Crippen MR) is 133 cm³/mol. The number of nitriles is 1. The van der Waals surface area contributed by atoms with Crippen molar-refractivity contribution >= 4 is 33.6 Å². The van der Waals surface area contributed by atoms with Crippen LogP contribution in [0.2, 0.25) is 0 Å². The minimum absolute atomic E-state index is 0.0173. The summed E-state index contributed by atoms with van der Waals surface area (Å²) >= 11 is 3.63. The van der Waals surface area contributed by atoms with Gasteiger partial charge in [-0.15, -0.1) is 0 Å². The van der Waals surface area contributed by atoms with Crippen LogP contribution in [0, 0.1) is 31.0 Å². The Balaban J connectivity index is 1.94. The molecule has 0 aliphatic rings. The number of halogens is 2. The SMILES string of the molecule is CCOc1cc(/C=C(\C#N)C(=O)Nc2ccccc2F)cc(Br)c1Cc1cc(C)cc(C)c1. The van der Waals surface area contributed by atoms with E-state index in [-0.39, 0.29) is 11.3 Å². The molecule has 4 nitrogen and oxygen atoms in total. The van der Waals surface area contributed by atoms with E-state index in [0.29, 0.717) is 24.3 Å². The quantitative estimate of drug-likeness (QED) is 0.285. The number of anilines is 1. The highest BCUT2D eigenvalue weighted by Gasteiger charge is 2.15. The van der Waals surface area contributed by atoms with Gasteiger partial charge in [-0.05, 0) is 62.2 Å². The highest BCUT2D eigenvalue weighted by Crippen LogP contribution is 2.33. The van der Waals surface area contributed by atoms with E-state index in [0.717, 1.165) is 10.0 Å². The monoisotopic (exact) mass is 506 g/mol. The second kappa shape index (κ2) is 10.9. The average Bonchev–Trinajstić information content (AvgIpc) is 2.75. The fourth-order valence-electron chi connectivity index (χ4n) is 3.61. The number of para-hydroxylation sites is 1. The molecule has 3 rings (SSSR count). The van der Waals surface area contributed by atoms with Crippen molar-refractivity contribution in [1.29, 1.82) is 5.26 Å². The Hall–Kier alpha value is -3.43. The predicted octanol–water partition coefficient (Wildman–Crippen LogP) is 6.74. The number of nitrogens with one attached hydrogen (secondary N) is 1. The van der Waals surface area contributed by atoms with E-state index in [1.807, 2.05) is 19.1 Å². The van der Waals surface area contributed by atoms with Gasteiger partial charge in [0.15, 0.2) is 0 Å². The largest absolute Gasteiger partial charge is 0.494 e. The Morgan fingerprint density at radius 2 is 1.85 bits per heavy atom. The smallest absolute Gasteiger partial charge is 0.266 e. The number of carbonyl (C=O) groups is 1. The maximum atomic E-state index is 13.9. The number of hydrogen-bond donors (Lipinski definition) is 1. The Labute approximate surface area is 201 Å². The van der Waals surface area contributed by atoms with Crippen LogP contribution in [0.5, 0.6) is 5.75 Å². The summed E-state index contributed by atoms with van der Waals surface area (Å²) in [5.41, 5.74) is 5.03. The molecule has 0 aromatic heterocycles. The van der Waals surface area contributed by atoms with Gasteiger partial charge in [0.2, 0.25) is 0 Å². The summed E-state index contributed by atoms with van der Waals surface area (Å²) in [5.74, 6) is -0.583. The Morgan fingerprint density at radius 1 is 1.15 bits per heavy atom. The first-order chi connectivity index (χ1) is 15.8. The second-order valence-electron chi connectivity index (χ2n) is 7.69. The number of nitrogens with zero attached hydrogens (tertiary/aromatic N) is 1. The van der Waals surface area contributed by atoms with Crippen molar-refractivity contribution in [3.8, 4) is 11.8 Å². The van der Waals surface area contributed by atoms with Crippen molar-refractivity contribution in [3.05, 3.63) is 98.3 Å². The summed E-state index contributed by atoms with van der Waals surface area (Å²) < 4.78 is 20.6. The molecule has 0 heterocycles. The number of hydrogen-bond acceptors (Lipinski definition) is 3. The molecule has 6 heteroatoms. The molecule has 0 saturated heterocycles. The molecular formula is C27H24BrFN2O2. The van der Waals surface area contributed by atoms with Crippen molar-refractivity contribution in [3.63, 3.8) is 0 Å². The number of amides is 1. The van der Waals surface area contributed by atoms with E-state index in [2.05, 4.69) is 53.3 Å². The lowest BCUT2D eigenvalue weighted by molar-refractivity contribution is -0.112. The molecule has 3 aromatic rings. The minimum Gasteiger partial charge on any atom is -0.494 e. The molecule has 0 bridgehead atoms. The summed E-state index contributed by atoms with van der Waals surface area (Å²) in [4.78, 5) is 12.6. The van der Waals surface area contributed by atoms with E-state index in [1.54, 1.807) is 12.1 Å². The maximum absolute atomic E-state index is 13.9. The zero-order valence-corrected chi connectivity index (χ0v) is 20.3. The molecular weight excluding hydrogens is 483 g/mol. The van der Waals surface area contributed by atoms with Crippen LogP contribution in [-0.4, -0.2) is 12.5 Å². The highest BCUT2D eigenvalue weighted by atomic mass is 79.9. The molecule has 0 radical (unpaired) electrons. The lowest BCUT2D eigenvalue weighted by atomic mass is 9.98. The van der Waals surface area contributed by atoms with Crippen molar-refractivity contribution in [2.45, 2.75) is 27.2 Å². The first-order valence-corrected chi connectivity index (χ1v) is 11.3. The first kappa shape index (κ1) is 24.2. The molecule has 1 amide bonds. The Bertz CT molecular complexity index is 1240. The van der Waals surface area contributed by atoms with E-state index in [4.69, 9.17) is 4.74 Å². The third kappa shape index (κ3) is 6.30. The normalized spacial score (nSPS) is 11.1. The van der Waals surface area contributed by atoms with Crippen LogP contribution in [0.4, 0.5) is 10.1 Å². The van der Waals surface area contributed by atoms with Crippen LogP contribution in [-0.2, 0) is 11.2 Å². The molecule has 168 valence electrons. The molecule has 0 spiro atoms. The van der Waals surface area contributed by atoms with Crippen LogP contribution in [0.1, 0.15) is 34.7 Å². The molecule has 0 aliphatic heterocycles. The fourth-order valence-corrected chi connectivity index (χ4v) is 4.21. The van der Waals surface area contributed by atoms with Crippen LogP contribution < -0.4 is 10.1 Å². The highest BCUT2D eigenvalue weighted by molar-refractivity contribution is 9.10. The fraction of sp³-hybridized carbons (Fsp3) is 0.185. The molecule has 0 aliphatic carbocycles. The van der Waals surface area contributed by atoms with Crippen molar-refractivity contribution in [2.24, 2.45) is 0 Å². The van der Waals surface area contributed by atoms with E-state index >= 15 is 0 Å². The van der Waals surface area contributed by atoms with E-state index < -0.39 is 11.7 Å². The van der Waals surface area contributed by atoms with Gasteiger partial charge in [-0.3, -0.25) is 4.79 Å². The third-order valence-electron chi connectivity index (χ3n) is 4.94. The lowest BCUT2D eigenvalue weighted by Gasteiger charge is -2.15. The molecule has 33 heavy (non-hydrogen) atoms. The topological polar surface area (TPSA) is 62.1 Å². The number of rotatable bonds is 7.